The molecule has 0 bridgehead atoms. The van der Waals surface area contributed by atoms with E-state index in [0.717, 1.165) is 5.56 Å². The van der Waals surface area contributed by atoms with Crippen LogP contribution in [-0.2, 0) is 9.05 Å². The Morgan fingerprint density at radius 3 is 2.23 bits per heavy atom. The second-order valence-corrected chi connectivity index (χ2v) is 5.67. The third kappa shape index (κ3) is 2.16. The lowest BCUT2D eigenvalue weighted by atomic mass is 10.2. The first-order valence-corrected chi connectivity index (χ1v) is 6.23. The molecular weight excluding hydrogens is 231 g/mol. The van der Waals surface area contributed by atoms with E-state index in [9.17, 15) is 8.42 Å². The first-order chi connectivity index (χ1) is 5.84. The number of hydrogen-bond donors (Lipinski definition) is 0. The van der Waals surface area contributed by atoms with Crippen molar-refractivity contribution in [2.75, 3.05) is 0 Å². The van der Waals surface area contributed by atoms with E-state index in [1.165, 1.54) is 6.07 Å². The lowest BCUT2D eigenvalue weighted by molar-refractivity contribution is 0.609. The van der Waals surface area contributed by atoms with Crippen molar-refractivity contribution < 1.29 is 8.42 Å². The Kier molecular flexibility index (Phi) is 2.90. The third-order valence-electron chi connectivity index (χ3n) is 1.79. The van der Waals surface area contributed by atoms with Crippen LogP contribution < -0.4 is 0 Å². The maximum absolute atomic E-state index is 11.0. The highest BCUT2D eigenvalue weighted by Crippen LogP contribution is 2.28. The molecule has 1 rings (SSSR count). The fourth-order valence-electron chi connectivity index (χ4n) is 1.07. The lowest BCUT2D eigenvalue weighted by Crippen LogP contribution is -1.96. The van der Waals surface area contributed by atoms with Gasteiger partial charge in [0.15, 0.2) is 0 Å². The molecular formula is C8H8Cl2O2S. The zero-order valence-corrected chi connectivity index (χ0v) is 9.46. The Labute approximate surface area is 86.9 Å². The third-order valence-corrected chi connectivity index (χ3v) is 3.84. The number of halogens is 2. The molecule has 0 saturated heterocycles. The topological polar surface area (TPSA) is 34.1 Å². The van der Waals surface area contributed by atoms with Crippen molar-refractivity contribution in [3.63, 3.8) is 0 Å². The van der Waals surface area contributed by atoms with Gasteiger partial charge in [-0.3, -0.25) is 0 Å². The van der Waals surface area contributed by atoms with Crippen molar-refractivity contribution in [2.24, 2.45) is 0 Å². The molecule has 0 aliphatic heterocycles. The summed E-state index contributed by atoms with van der Waals surface area (Å²) in [5.74, 6) is 0. The standard InChI is InChI=1S/C8H8Cl2O2S/c1-5-3-4-7(13(10,11)12)6(2)8(5)9/h3-4H,1-2H3. The lowest BCUT2D eigenvalue weighted by Gasteiger charge is -2.05. The zero-order chi connectivity index (χ0) is 10.2. The van der Waals surface area contributed by atoms with Gasteiger partial charge in [0.05, 0.1) is 4.90 Å². The smallest absolute Gasteiger partial charge is 0.207 e. The molecule has 0 radical (unpaired) electrons. The highest BCUT2D eigenvalue weighted by atomic mass is 35.7. The normalized spacial score (nSPS) is 11.7. The van der Waals surface area contributed by atoms with E-state index in [4.69, 9.17) is 22.3 Å². The summed E-state index contributed by atoms with van der Waals surface area (Å²) in [5.41, 5.74) is 1.33. The number of hydrogen-bond acceptors (Lipinski definition) is 2. The summed E-state index contributed by atoms with van der Waals surface area (Å²) in [6.07, 6.45) is 0. The van der Waals surface area contributed by atoms with Gasteiger partial charge in [0.2, 0.25) is 0 Å². The van der Waals surface area contributed by atoms with Gasteiger partial charge in [-0.25, -0.2) is 8.42 Å². The van der Waals surface area contributed by atoms with Crippen LogP contribution in [0.5, 0.6) is 0 Å². The Morgan fingerprint density at radius 2 is 1.77 bits per heavy atom. The molecule has 0 heterocycles. The molecule has 0 aliphatic carbocycles. The van der Waals surface area contributed by atoms with Crippen LogP contribution >= 0.6 is 22.3 Å². The van der Waals surface area contributed by atoms with Gasteiger partial charge in [0.1, 0.15) is 0 Å². The van der Waals surface area contributed by atoms with E-state index < -0.39 is 9.05 Å². The van der Waals surface area contributed by atoms with Gasteiger partial charge in [0.25, 0.3) is 9.05 Å². The van der Waals surface area contributed by atoms with E-state index in [2.05, 4.69) is 0 Å². The van der Waals surface area contributed by atoms with Crippen LogP contribution in [0.25, 0.3) is 0 Å². The molecule has 2 nitrogen and oxygen atoms in total. The summed E-state index contributed by atoms with van der Waals surface area (Å²) in [6.45, 7) is 3.44. The summed E-state index contributed by atoms with van der Waals surface area (Å²) >= 11 is 5.87. The molecule has 1 aromatic carbocycles. The van der Waals surface area contributed by atoms with Crippen LogP contribution in [0.3, 0.4) is 0 Å². The fraction of sp³-hybridized carbons (Fsp3) is 0.250. The average Bonchev–Trinajstić information content (AvgIpc) is 1.98. The first-order valence-electron chi connectivity index (χ1n) is 3.54. The van der Waals surface area contributed by atoms with E-state index in [1.54, 1.807) is 19.9 Å². The molecule has 0 unspecified atom stereocenters. The van der Waals surface area contributed by atoms with Gasteiger partial charge in [0, 0.05) is 15.7 Å². The average molecular weight is 239 g/mol. The zero-order valence-electron chi connectivity index (χ0n) is 7.14. The Bertz CT molecular complexity index is 438. The number of rotatable bonds is 1. The highest BCUT2D eigenvalue weighted by molar-refractivity contribution is 8.13. The van der Waals surface area contributed by atoms with Crippen LogP contribution in [0.4, 0.5) is 0 Å². The minimum Gasteiger partial charge on any atom is -0.207 e. The SMILES string of the molecule is Cc1ccc(S(=O)(=O)Cl)c(C)c1Cl. The maximum Gasteiger partial charge on any atom is 0.261 e. The maximum atomic E-state index is 11.0. The second kappa shape index (κ2) is 3.48. The molecule has 0 spiro atoms. The number of aryl methyl sites for hydroxylation is 1. The van der Waals surface area contributed by atoms with Crippen LogP contribution in [-0.4, -0.2) is 8.42 Å². The van der Waals surface area contributed by atoms with Crippen LogP contribution in [0.15, 0.2) is 17.0 Å². The minimum absolute atomic E-state index is 0.0739. The summed E-state index contributed by atoms with van der Waals surface area (Å²) in [7, 11) is 1.52. The van der Waals surface area contributed by atoms with Gasteiger partial charge >= 0.3 is 0 Å². The van der Waals surface area contributed by atoms with Gasteiger partial charge in [-0.15, -0.1) is 0 Å². The largest absolute Gasteiger partial charge is 0.261 e. The first kappa shape index (κ1) is 10.8. The van der Waals surface area contributed by atoms with Crippen molar-refractivity contribution in [1.29, 1.82) is 0 Å². The summed E-state index contributed by atoms with van der Waals surface area (Å²) < 4.78 is 22.0. The second-order valence-electron chi connectivity index (χ2n) is 2.76. The fourth-order valence-corrected chi connectivity index (χ4v) is 2.49. The van der Waals surface area contributed by atoms with Crippen molar-refractivity contribution in [3.05, 3.63) is 28.3 Å². The van der Waals surface area contributed by atoms with E-state index in [-0.39, 0.29) is 4.90 Å². The molecule has 0 fully saturated rings. The molecule has 1 aromatic rings. The molecule has 0 saturated carbocycles. The number of benzene rings is 1. The Balaban J connectivity index is 3.53. The van der Waals surface area contributed by atoms with E-state index >= 15 is 0 Å². The molecule has 0 atom stereocenters. The van der Waals surface area contributed by atoms with Crippen LogP contribution in [0.2, 0.25) is 5.02 Å². The molecule has 0 aromatic heterocycles. The minimum atomic E-state index is -3.68. The Morgan fingerprint density at radius 1 is 1.23 bits per heavy atom. The molecule has 72 valence electrons. The molecule has 0 aliphatic rings. The summed E-state index contributed by atoms with van der Waals surface area (Å²) in [4.78, 5) is 0.0739. The van der Waals surface area contributed by atoms with E-state index in [0.29, 0.717) is 10.6 Å². The van der Waals surface area contributed by atoms with Gasteiger partial charge in [-0.2, -0.15) is 0 Å². The summed E-state index contributed by atoms with van der Waals surface area (Å²) in [6, 6.07) is 3.09. The molecule has 0 N–H and O–H groups in total. The van der Waals surface area contributed by atoms with E-state index in [1.807, 2.05) is 0 Å². The van der Waals surface area contributed by atoms with Crippen molar-refractivity contribution >= 4 is 31.3 Å². The van der Waals surface area contributed by atoms with Crippen LogP contribution in [0, 0.1) is 13.8 Å². The predicted octanol–water partition coefficient (Wildman–Crippen LogP) is 2.88. The molecule has 0 amide bonds. The molecule has 13 heavy (non-hydrogen) atoms. The monoisotopic (exact) mass is 238 g/mol. The van der Waals surface area contributed by atoms with Gasteiger partial charge in [-0.05, 0) is 31.0 Å². The quantitative estimate of drug-likeness (QED) is 0.706. The molecule has 5 heteroatoms. The Hall–Kier alpha value is -0.250. The van der Waals surface area contributed by atoms with Crippen molar-refractivity contribution in [2.45, 2.75) is 18.7 Å². The predicted molar refractivity (Wildman–Crippen MR) is 54.0 cm³/mol. The van der Waals surface area contributed by atoms with Gasteiger partial charge < -0.3 is 0 Å². The van der Waals surface area contributed by atoms with Crippen molar-refractivity contribution in [3.8, 4) is 0 Å². The van der Waals surface area contributed by atoms with Crippen LogP contribution in [0.1, 0.15) is 11.1 Å². The highest BCUT2D eigenvalue weighted by Gasteiger charge is 2.15. The van der Waals surface area contributed by atoms with Crippen molar-refractivity contribution in [1.82, 2.24) is 0 Å². The van der Waals surface area contributed by atoms with Gasteiger partial charge in [-0.1, -0.05) is 17.7 Å². The summed E-state index contributed by atoms with van der Waals surface area (Å²) in [5, 5.41) is 0.446.